The van der Waals surface area contributed by atoms with Crippen molar-refractivity contribution in [1.82, 2.24) is 0 Å². The van der Waals surface area contributed by atoms with Gasteiger partial charge in [0.1, 0.15) is 5.78 Å². The second-order valence-electron chi connectivity index (χ2n) is 4.28. The molecule has 1 aliphatic rings. The molecule has 1 atom stereocenters. The Bertz CT molecular complexity index is 346. The second kappa shape index (κ2) is 3.99. The van der Waals surface area contributed by atoms with Gasteiger partial charge in [-0.25, -0.2) is 0 Å². The fraction of sp³-hybridized carbons (Fsp3) is 0.417. The van der Waals surface area contributed by atoms with E-state index in [1.54, 1.807) is 0 Å². The third-order valence-electron chi connectivity index (χ3n) is 3.12. The molecule has 1 aromatic rings. The summed E-state index contributed by atoms with van der Waals surface area (Å²) in [5, 5.41) is 0. The van der Waals surface area contributed by atoms with E-state index in [9.17, 15) is 4.79 Å². The Morgan fingerprint density at radius 3 is 2.79 bits per heavy atom. The number of carbonyl (C=O) groups is 1. The molecular weight excluding hydrogens is 171 g/mol. The summed E-state index contributed by atoms with van der Waals surface area (Å²) in [7, 11) is 1.08. The summed E-state index contributed by atoms with van der Waals surface area (Å²) < 4.78 is 0. The van der Waals surface area contributed by atoms with Crippen LogP contribution in [0, 0.1) is 6.92 Å². The number of Topliss-reactive ketones (excluding diaryl/α,β-unsaturated/α-hetero) is 1. The van der Waals surface area contributed by atoms with Gasteiger partial charge >= 0.3 is 0 Å². The normalized spacial score (nSPS) is 21.2. The first kappa shape index (κ1) is 9.51. The monoisotopic (exact) mass is 186 g/mol. The molecule has 1 saturated carbocycles. The molecule has 1 unspecified atom stereocenters. The molecule has 1 nitrogen and oxygen atoms in total. The number of hydrogen-bond acceptors (Lipinski definition) is 1. The van der Waals surface area contributed by atoms with Gasteiger partial charge in [0.05, 0.1) is 0 Å². The molecule has 0 amide bonds. The molecule has 0 N–H and O–H groups in total. The van der Waals surface area contributed by atoms with Crippen molar-refractivity contribution in [3.05, 3.63) is 29.8 Å². The van der Waals surface area contributed by atoms with E-state index in [0.717, 1.165) is 26.5 Å². The van der Waals surface area contributed by atoms with E-state index in [2.05, 4.69) is 31.2 Å². The Morgan fingerprint density at radius 2 is 2.14 bits per heavy atom. The molecular formula is C12H15BO. The van der Waals surface area contributed by atoms with E-state index in [1.807, 2.05) is 0 Å². The minimum atomic E-state index is 0.448. The zero-order chi connectivity index (χ0) is 9.97. The van der Waals surface area contributed by atoms with Crippen LogP contribution in [-0.4, -0.2) is 13.1 Å². The fourth-order valence-corrected chi connectivity index (χ4v) is 2.22. The van der Waals surface area contributed by atoms with Crippen molar-refractivity contribution in [2.45, 2.75) is 32.0 Å². The van der Waals surface area contributed by atoms with Gasteiger partial charge in [-0.15, -0.1) is 0 Å². The molecule has 0 bridgehead atoms. The maximum absolute atomic E-state index is 11.1. The Morgan fingerprint density at radius 1 is 1.36 bits per heavy atom. The summed E-state index contributed by atoms with van der Waals surface area (Å²) >= 11 is 0. The van der Waals surface area contributed by atoms with Crippen LogP contribution in [0.1, 0.15) is 24.8 Å². The van der Waals surface area contributed by atoms with Crippen molar-refractivity contribution in [3.8, 4) is 0 Å². The lowest BCUT2D eigenvalue weighted by atomic mass is 9.57. The summed E-state index contributed by atoms with van der Waals surface area (Å²) in [6.07, 6.45) is 2.69. The summed E-state index contributed by atoms with van der Waals surface area (Å²) in [5.41, 5.74) is 2.76. The van der Waals surface area contributed by atoms with Crippen LogP contribution in [0.5, 0.6) is 0 Å². The maximum atomic E-state index is 11.1. The lowest BCUT2D eigenvalue weighted by Gasteiger charge is -2.08. The highest BCUT2D eigenvalue weighted by atomic mass is 16.1. The van der Waals surface area contributed by atoms with E-state index >= 15 is 0 Å². The topological polar surface area (TPSA) is 17.1 Å². The van der Waals surface area contributed by atoms with Crippen LogP contribution < -0.4 is 5.46 Å². The number of benzene rings is 1. The number of hydrogen-bond donors (Lipinski definition) is 0. The largest absolute Gasteiger partial charge is 0.300 e. The maximum Gasteiger partial charge on any atom is 0.161 e. The average molecular weight is 186 g/mol. The Balaban J connectivity index is 2.04. The Kier molecular flexibility index (Phi) is 2.71. The number of aryl methyl sites for hydroxylation is 1. The number of ketones is 1. The van der Waals surface area contributed by atoms with Crippen LogP contribution in [0.2, 0.25) is 5.82 Å². The zero-order valence-electron chi connectivity index (χ0n) is 8.62. The third-order valence-corrected chi connectivity index (χ3v) is 3.12. The molecule has 14 heavy (non-hydrogen) atoms. The molecule has 1 aliphatic carbocycles. The molecule has 0 aromatic heterocycles. The highest BCUT2D eigenvalue weighted by Gasteiger charge is 2.23. The standard InChI is InChI=1S/C12H15BO/c1-9-4-2-3-5-12(9)13-10-6-7-11(14)8-10/h2-5,10,13H,6-8H2,1H3. The van der Waals surface area contributed by atoms with Gasteiger partial charge in [0.15, 0.2) is 7.28 Å². The summed E-state index contributed by atoms with van der Waals surface area (Å²) in [6.45, 7) is 2.14. The van der Waals surface area contributed by atoms with Crippen molar-refractivity contribution >= 4 is 18.5 Å². The number of rotatable bonds is 2. The fourth-order valence-electron chi connectivity index (χ4n) is 2.22. The molecule has 2 rings (SSSR count). The Hall–Kier alpha value is -1.05. The van der Waals surface area contributed by atoms with Gasteiger partial charge in [-0.2, -0.15) is 0 Å². The van der Waals surface area contributed by atoms with Gasteiger partial charge in [0, 0.05) is 12.8 Å². The highest BCUT2D eigenvalue weighted by Crippen LogP contribution is 2.26. The third kappa shape index (κ3) is 2.06. The first-order valence-corrected chi connectivity index (χ1v) is 5.32. The van der Waals surface area contributed by atoms with Crippen molar-refractivity contribution in [1.29, 1.82) is 0 Å². The SMILES string of the molecule is Cc1ccccc1BC1CCC(=O)C1. The van der Waals surface area contributed by atoms with Crippen molar-refractivity contribution in [2.75, 3.05) is 0 Å². The second-order valence-corrected chi connectivity index (χ2v) is 4.28. The van der Waals surface area contributed by atoms with Crippen LogP contribution in [-0.2, 0) is 4.79 Å². The van der Waals surface area contributed by atoms with E-state index < -0.39 is 0 Å². The van der Waals surface area contributed by atoms with Crippen LogP contribution in [0.3, 0.4) is 0 Å². The van der Waals surface area contributed by atoms with Crippen LogP contribution >= 0.6 is 0 Å². The summed E-state index contributed by atoms with van der Waals surface area (Å²) in [6, 6.07) is 8.47. The van der Waals surface area contributed by atoms with Crippen molar-refractivity contribution < 1.29 is 4.79 Å². The lowest BCUT2D eigenvalue weighted by molar-refractivity contribution is -0.117. The highest BCUT2D eigenvalue weighted by molar-refractivity contribution is 6.56. The van der Waals surface area contributed by atoms with E-state index in [-0.39, 0.29) is 0 Å². The summed E-state index contributed by atoms with van der Waals surface area (Å²) in [5.74, 6) is 1.05. The molecule has 0 aliphatic heterocycles. The van der Waals surface area contributed by atoms with Gasteiger partial charge in [-0.3, -0.25) is 4.79 Å². The molecule has 1 fully saturated rings. The quantitative estimate of drug-likeness (QED) is 0.641. The lowest BCUT2D eigenvalue weighted by Crippen LogP contribution is -2.20. The Labute approximate surface area is 85.8 Å². The molecule has 0 spiro atoms. The van der Waals surface area contributed by atoms with E-state index in [0.29, 0.717) is 11.6 Å². The minimum absolute atomic E-state index is 0.448. The van der Waals surface area contributed by atoms with E-state index in [1.165, 1.54) is 11.0 Å². The predicted octanol–water partition coefficient (Wildman–Crippen LogP) is 1.60. The van der Waals surface area contributed by atoms with Crippen molar-refractivity contribution in [3.63, 3.8) is 0 Å². The van der Waals surface area contributed by atoms with Gasteiger partial charge in [0.25, 0.3) is 0 Å². The molecule has 0 heterocycles. The molecule has 0 saturated heterocycles. The first-order valence-electron chi connectivity index (χ1n) is 5.32. The molecule has 2 heteroatoms. The van der Waals surface area contributed by atoms with Gasteiger partial charge in [-0.05, 0) is 13.3 Å². The molecule has 72 valence electrons. The molecule has 1 aromatic carbocycles. The average Bonchev–Trinajstić information content (AvgIpc) is 2.56. The van der Waals surface area contributed by atoms with Gasteiger partial charge in [-0.1, -0.05) is 41.1 Å². The minimum Gasteiger partial charge on any atom is -0.300 e. The van der Waals surface area contributed by atoms with Crippen LogP contribution in [0.4, 0.5) is 0 Å². The van der Waals surface area contributed by atoms with Crippen LogP contribution in [0.25, 0.3) is 0 Å². The van der Waals surface area contributed by atoms with Crippen LogP contribution in [0.15, 0.2) is 24.3 Å². The van der Waals surface area contributed by atoms with Gasteiger partial charge in [0.2, 0.25) is 0 Å². The van der Waals surface area contributed by atoms with Crippen molar-refractivity contribution in [2.24, 2.45) is 0 Å². The summed E-state index contributed by atoms with van der Waals surface area (Å²) in [4.78, 5) is 11.1. The zero-order valence-corrected chi connectivity index (χ0v) is 8.62. The first-order chi connectivity index (χ1) is 6.75. The van der Waals surface area contributed by atoms with E-state index in [4.69, 9.17) is 0 Å². The molecule has 0 radical (unpaired) electrons. The van der Waals surface area contributed by atoms with Gasteiger partial charge < -0.3 is 0 Å². The smallest absolute Gasteiger partial charge is 0.161 e. The predicted molar refractivity (Wildman–Crippen MR) is 60.6 cm³/mol. The number of carbonyl (C=O) groups excluding carboxylic acids is 1.